The third-order valence-corrected chi connectivity index (χ3v) is 5.10. The minimum absolute atomic E-state index is 0.0729. The van der Waals surface area contributed by atoms with Gasteiger partial charge in [-0.2, -0.15) is 0 Å². The average molecular weight is 362 g/mol. The second-order valence-electron chi connectivity index (χ2n) is 6.84. The first-order valence-electron chi connectivity index (χ1n) is 9.23. The first kappa shape index (κ1) is 17.5. The molecule has 1 atom stereocenters. The second kappa shape index (κ2) is 7.37. The number of carbonyl (C=O) groups is 2. The van der Waals surface area contributed by atoms with Gasteiger partial charge in [0, 0.05) is 19.3 Å². The lowest BCUT2D eigenvalue weighted by Crippen LogP contribution is -2.39. The van der Waals surface area contributed by atoms with Gasteiger partial charge in [-0.1, -0.05) is 48.5 Å². The minimum Gasteiger partial charge on any atom is -0.376 e. The van der Waals surface area contributed by atoms with E-state index in [1.54, 1.807) is 4.90 Å². The van der Waals surface area contributed by atoms with Crippen molar-refractivity contribution in [3.63, 3.8) is 0 Å². The standard InChI is InChI=1S/C22H22N2O3/c1-23(17-11-6-3-7-12-17)20-19(16-9-4-2-5-10-16)21(25)24(22(20)26)15-18-13-8-14-27-18/h2-7,9-12,18H,8,13-15H2,1H3. The number of anilines is 1. The number of benzene rings is 2. The zero-order valence-corrected chi connectivity index (χ0v) is 15.3. The first-order valence-corrected chi connectivity index (χ1v) is 9.23. The molecular weight excluding hydrogens is 340 g/mol. The summed E-state index contributed by atoms with van der Waals surface area (Å²) in [5.41, 5.74) is 2.48. The maximum absolute atomic E-state index is 13.3. The van der Waals surface area contributed by atoms with Crippen molar-refractivity contribution in [1.29, 1.82) is 0 Å². The fraction of sp³-hybridized carbons (Fsp3) is 0.273. The Kier molecular flexibility index (Phi) is 4.77. The van der Waals surface area contributed by atoms with Crippen LogP contribution < -0.4 is 4.90 Å². The van der Waals surface area contributed by atoms with Crippen LogP contribution in [0.5, 0.6) is 0 Å². The van der Waals surface area contributed by atoms with Gasteiger partial charge in [0.2, 0.25) is 0 Å². The zero-order valence-electron chi connectivity index (χ0n) is 15.3. The van der Waals surface area contributed by atoms with Gasteiger partial charge in [-0.25, -0.2) is 0 Å². The molecule has 0 saturated carbocycles. The SMILES string of the molecule is CN(C1=C(c2ccccc2)C(=O)N(CC2CCCO2)C1=O)c1ccccc1. The molecule has 0 radical (unpaired) electrons. The van der Waals surface area contributed by atoms with Crippen LogP contribution in [-0.2, 0) is 14.3 Å². The van der Waals surface area contributed by atoms with Crippen LogP contribution in [0.4, 0.5) is 5.69 Å². The number of hydrogen-bond acceptors (Lipinski definition) is 4. The van der Waals surface area contributed by atoms with Crippen molar-refractivity contribution in [2.75, 3.05) is 25.1 Å². The van der Waals surface area contributed by atoms with Crippen LogP contribution in [0.25, 0.3) is 5.57 Å². The van der Waals surface area contributed by atoms with E-state index in [4.69, 9.17) is 4.74 Å². The van der Waals surface area contributed by atoms with Crippen molar-refractivity contribution in [2.45, 2.75) is 18.9 Å². The van der Waals surface area contributed by atoms with Gasteiger partial charge >= 0.3 is 0 Å². The molecule has 2 aromatic rings. The predicted octanol–water partition coefficient (Wildman–Crippen LogP) is 3.08. The number of para-hydroxylation sites is 1. The highest BCUT2D eigenvalue weighted by atomic mass is 16.5. The number of ether oxygens (including phenoxy) is 1. The summed E-state index contributed by atoms with van der Waals surface area (Å²) < 4.78 is 5.65. The van der Waals surface area contributed by atoms with Gasteiger partial charge < -0.3 is 9.64 Å². The lowest BCUT2D eigenvalue weighted by atomic mass is 10.0. The number of amides is 2. The summed E-state index contributed by atoms with van der Waals surface area (Å²) in [7, 11) is 1.83. The molecule has 2 heterocycles. The van der Waals surface area contributed by atoms with Crippen molar-refractivity contribution < 1.29 is 14.3 Å². The molecule has 5 heteroatoms. The zero-order chi connectivity index (χ0) is 18.8. The highest BCUT2D eigenvalue weighted by Gasteiger charge is 2.42. The molecule has 1 fully saturated rings. The Labute approximate surface area is 158 Å². The number of hydrogen-bond donors (Lipinski definition) is 0. The smallest absolute Gasteiger partial charge is 0.278 e. The van der Waals surface area contributed by atoms with Gasteiger partial charge in [-0.15, -0.1) is 0 Å². The molecule has 5 nitrogen and oxygen atoms in total. The van der Waals surface area contributed by atoms with Crippen LogP contribution in [-0.4, -0.2) is 43.0 Å². The fourth-order valence-corrected chi connectivity index (χ4v) is 3.68. The molecular formula is C22H22N2O3. The number of imide groups is 1. The summed E-state index contributed by atoms with van der Waals surface area (Å²) in [6.45, 7) is 0.997. The van der Waals surface area contributed by atoms with E-state index in [0.29, 0.717) is 24.4 Å². The van der Waals surface area contributed by atoms with Crippen LogP contribution >= 0.6 is 0 Å². The topological polar surface area (TPSA) is 49.9 Å². The molecule has 2 amide bonds. The molecule has 2 aliphatic rings. The largest absolute Gasteiger partial charge is 0.376 e. The summed E-state index contributed by atoms with van der Waals surface area (Å²) in [5, 5.41) is 0. The first-order chi connectivity index (χ1) is 13.2. The van der Waals surface area contributed by atoms with E-state index >= 15 is 0 Å². The molecule has 1 unspecified atom stereocenters. The summed E-state index contributed by atoms with van der Waals surface area (Å²) in [6, 6.07) is 19.0. The lowest BCUT2D eigenvalue weighted by molar-refractivity contribution is -0.138. The Morgan fingerprint density at radius 1 is 1.00 bits per heavy atom. The molecule has 27 heavy (non-hydrogen) atoms. The molecule has 0 aromatic heterocycles. The number of carbonyl (C=O) groups excluding carboxylic acids is 2. The molecule has 2 aromatic carbocycles. The van der Waals surface area contributed by atoms with Gasteiger partial charge in [-0.3, -0.25) is 14.5 Å². The van der Waals surface area contributed by atoms with E-state index in [0.717, 1.165) is 24.1 Å². The fourth-order valence-electron chi connectivity index (χ4n) is 3.68. The molecule has 2 aliphatic heterocycles. The Bertz CT molecular complexity index is 871. The summed E-state index contributed by atoms with van der Waals surface area (Å²) >= 11 is 0. The maximum Gasteiger partial charge on any atom is 0.278 e. The molecule has 1 saturated heterocycles. The van der Waals surface area contributed by atoms with E-state index in [9.17, 15) is 9.59 Å². The Morgan fingerprint density at radius 2 is 1.67 bits per heavy atom. The van der Waals surface area contributed by atoms with Crippen LogP contribution in [0.2, 0.25) is 0 Å². The summed E-state index contributed by atoms with van der Waals surface area (Å²) in [5.74, 6) is -0.514. The third kappa shape index (κ3) is 3.26. The highest BCUT2D eigenvalue weighted by molar-refractivity contribution is 6.36. The van der Waals surface area contributed by atoms with Gasteiger partial charge in [0.1, 0.15) is 5.70 Å². The Balaban J connectivity index is 1.75. The molecule has 4 rings (SSSR count). The second-order valence-corrected chi connectivity index (χ2v) is 6.84. The van der Waals surface area contributed by atoms with Crippen molar-refractivity contribution >= 4 is 23.1 Å². The van der Waals surface area contributed by atoms with Crippen molar-refractivity contribution in [3.8, 4) is 0 Å². The number of nitrogens with zero attached hydrogens (tertiary/aromatic N) is 2. The van der Waals surface area contributed by atoms with Crippen LogP contribution in [0.15, 0.2) is 66.4 Å². The quantitative estimate of drug-likeness (QED) is 0.767. The van der Waals surface area contributed by atoms with E-state index in [1.807, 2.05) is 67.7 Å². The Morgan fingerprint density at radius 3 is 2.30 bits per heavy atom. The van der Waals surface area contributed by atoms with Gasteiger partial charge in [0.25, 0.3) is 11.8 Å². The van der Waals surface area contributed by atoms with Gasteiger partial charge in [0.15, 0.2) is 0 Å². The predicted molar refractivity (Wildman–Crippen MR) is 104 cm³/mol. The van der Waals surface area contributed by atoms with Gasteiger partial charge in [0.05, 0.1) is 18.2 Å². The molecule has 0 bridgehead atoms. The summed E-state index contributed by atoms with van der Waals surface area (Å²) in [4.78, 5) is 29.6. The monoisotopic (exact) mass is 362 g/mol. The van der Waals surface area contributed by atoms with E-state index in [1.165, 1.54) is 4.90 Å². The molecule has 138 valence electrons. The van der Waals surface area contributed by atoms with Gasteiger partial charge in [-0.05, 0) is 30.5 Å². The number of likely N-dealkylation sites (N-methyl/N-ethyl adjacent to an activating group) is 1. The Hall–Kier alpha value is -2.92. The number of rotatable bonds is 5. The van der Waals surface area contributed by atoms with Crippen molar-refractivity contribution in [1.82, 2.24) is 4.90 Å². The third-order valence-electron chi connectivity index (χ3n) is 5.10. The van der Waals surface area contributed by atoms with E-state index in [2.05, 4.69) is 0 Å². The highest BCUT2D eigenvalue weighted by Crippen LogP contribution is 2.34. The van der Waals surface area contributed by atoms with Crippen LogP contribution in [0, 0.1) is 0 Å². The molecule has 0 N–H and O–H groups in total. The normalized spacial score (nSPS) is 19.9. The maximum atomic E-state index is 13.3. The van der Waals surface area contributed by atoms with Crippen LogP contribution in [0.3, 0.4) is 0 Å². The molecule has 0 aliphatic carbocycles. The lowest BCUT2D eigenvalue weighted by Gasteiger charge is -2.22. The average Bonchev–Trinajstić information content (AvgIpc) is 3.31. The van der Waals surface area contributed by atoms with E-state index in [-0.39, 0.29) is 17.9 Å². The van der Waals surface area contributed by atoms with Crippen molar-refractivity contribution in [3.05, 3.63) is 71.9 Å². The van der Waals surface area contributed by atoms with Crippen LogP contribution in [0.1, 0.15) is 18.4 Å². The molecule has 0 spiro atoms. The summed E-state index contributed by atoms with van der Waals surface area (Å²) in [6.07, 6.45) is 1.77. The van der Waals surface area contributed by atoms with Crippen molar-refractivity contribution in [2.24, 2.45) is 0 Å². The van der Waals surface area contributed by atoms with E-state index < -0.39 is 0 Å². The minimum atomic E-state index is -0.263.